The first-order valence-corrected chi connectivity index (χ1v) is 6.99. The highest BCUT2D eigenvalue weighted by Gasteiger charge is 2.87. The molecule has 4 aliphatic carbocycles. The van der Waals surface area contributed by atoms with Gasteiger partial charge in [-0.1, -0.05) is 13.0 Å². The van der Waals surface area contributed by atoms with E-state index in [2.05, 4.69) is 6.92 Å². The summed E-state index contributed by atoms with van der Waals surface area (Å²) < 4.78 is 0. The Kier molecular flexibility index (Phi) is 2.42. The minimum absolute atomic E-state index is 0.135. The number of carbonyl (C=O) groups is 2. The Bertz CT molecular complexity index is 480. The van der Waals surface area contributed by atoms with E-state index in [0.29, 0.717) is 29.7 Å². The molecule has 0 aliphatic heterocycles. The molecule has 2 N–H and O–H groups in total. The minimum Gasteiger partial charge on any atom is -0.481 e. The Morgan fingerprint density at radius 1 is 1.26 bits per heavy atom. The molecule has 0 aromatic heterocycles. The molecule has 0 spiro atoms. The summed E-state index contributed by atoms with van der Waals surface area (Å²) in [4.78, 5) is 22.5. The second kappa shape index (κ2) is 3.62. The molecular formula is C15H20O4. The van der Waals surface area contributed by atoms with Gasteiger partial charge in [-0.25, -0.2) is 4.79 Å². The van der Waals surface area contributed by atoms with E-state index < -0.39 is 17.4 Å². The zero-order valence-electron chi connectivity index (χ0n) is 11.3. The lowest BCUT2D eigenvalue weighted by molar-refractivity contribution is -0.149. The average molecular weight is 264 g/mol. The molecule has 0 amide bonds. The molecule has 4 fully saturated rings. The van der Waals surface area contributed by atoms with Crippen LogP contribution in [0.2, 0.25) is 0 Å². The maximum atomic E-state index is 11.7. The number of aliphatic carboxylic acids is 2. The van der Waals surface area contributed by atoms with E-state index in [1.165, 1.54) is 0 Å². The fourth-order valence-electron chi connectivity index (χ4n) is 5.30. The summed E-state index contributed by atoms with van der Waals surface area (Å²) in [6.45, 7) is 3.70. The first-order chi connectivity index (χ1) is 8.85. The summed E-state index contributed by atoms with van der Waals surface area (Å²) >= 11 is 0. The molecule has 5 atom stereocenters. The molecule has 0 radical (unpaired) electrons. The zero-order valence-corrected chi connectivity index (χ0v) is 11.3. The number of carboxylic acid groups (broad SMARTS) is 2. The van der Waals surface area contributed by atoms with Crippen LogP contribution >= 0.6 is 0 Å². The maximum absolute atomic E-state index is 11.7. The van der Waals surface area contributed by atoms with Crippen molar-refractivity contribution in [1.29, 1.82) is 0 Å². The number of carboxylic acids is 2. The molecule has 104 valence electrons. The van der Waals surface area contributed by atoms with Gasteiger partial charge in [0.2, 0.25) is 0 Å². The molecule has 2 unspecified atom stereocenters. The van der Waals surface area contributed by atoms with Gasteiger partial charge in [0, 0.05) is 5.57 Å². The van der Waals surface area contributed by atoms with Gasteiger partial charge >= 0.3 is 11.9 Å². The minimum atomic E-state index is -0.891. The van der Waals surface area contributed by atoms with Crippen molar-refractivity contribution in [3.05, 3.63) is 11.6 Å². The van der Waals surface area contributed by atoms with Gasteiger partial charge in [-0.15, -0.1) is 0 Å². The van der Waals surface area contributed by atoms with Gasteiger partial charge in [0.1, 0.15) is 0 Å². The van der Waals surface area contributed by atoms with Gasteiger partial charge in [0.25, 0.3) is 0 Å². The van der Waals surface area contributed by atoms with Crippen LogP contribution in [0.15, 0.2) is 11.6 Å². The first kappa shape index (κ1) is 12.7. The SMILES string of the molecule is C/C(=C\CC[C@@]1(C)C2C[C@@H]3[C@H](C2)C31C(=O)O)C(=O)O. The van der Waals surface area contributed by atoms with E-state index in [-0.39, 0.29) is 5.41 Å². The van der Waals surface area contributed by atoms with Crippen LogP contribution in [0.5, 0.6) is 0 Å². The van der Waals surface area contributed by atoms with Crippen molar-refractivity contribution in [2.75, 3.05) is 0 Å². The van der Waals surface area contributed by atoms with Gasteiger partial charge in [-0.3, -0.25) is 4.79 Å². The number of hydrogen-bond acceptors (Lipinski definition) is 2. The van der Waals surface area contributed by atoms with E-state index in [1.807, 2.05) is 0 Å². The van der Waals surface area contributed by atoms with Gasteiger partial charge in [-0.05, 0) is 55.8 Å². The highest BCUT2D eigenvalue weighted by Crippen LogP contribution is 2.87. The molecule has 0 aromatic carbocycles. The molecule has 0 heterocycles. The molecule has 0 aromatic rings. The van der Waals surface area contributed by atoms with Crippen LogP contribution in [0.3, 0.4) is 0 Å². The number of allylic oxidation sites excluding steroid dienone is 1. The Hall–Kier alpha value is -1.32. The predicted octanol–water partition coefficient (Wildman–Crippen LogP) is 2.54. The summed E-state index contributed by atoms with van der Waals surface area (Å²) in [6, 6.07) is 0. The largest absolute Gasteiger partial charge is 0.481 e. The normalized spacial score (nSPS) is 46.4. The molecule has 4 nitrogen and oxygen atoms in total. The van der Waals surface area contributed by atoms with E-state index in [0.717, 1.165) is 19.3 Å². The molecule has 19 heavy (non-hydrogen) atoms. The monoisotopic (exact) mass is 264 g/mol. The third kappa shape index (κ3) is 1.30. The van der Waals surface area contributed by atoms with Crippen molar-refractivity contribution in [2.24, 2.45) is 28.6 Å². The first-order valence-electron chi connectivity index (χ1n) is 6.99. The van der Waals surface area contributed by atoms with Crippen molar-refractivity contribution in [3.63, 3.8) is 0 Å². The van der Waals surface area contributed by atoms with Gasteiger partial charge in [0.05, 0.1) is 5.41 Å². The van der Waals surface area contributed by atoms with Crippen LogP contribution in [0.25, 0.3) is 0 Å². The second-order valence-electron chi connectivity index (χ2n) is 6.70. The van der Waals surface area contributed by atoms with Gasteiger partial charge in [0.15, 0.2) is 0 Å². The lowest BCUT2D eigenvalue weighted by Gasteiger charge is -2.33. The second-order valence-corrected chi connectivity index (χ2v) is 6.70. The fourth-order valence-corrected chi connectivity index (χ4v) is 5.30. The summed E-state index contributed by atoms with van der Waals surface area (Å²) in [6.07, 6.45) is 5.32. The quantitative estimate of drug-likeness (QED) is 0.748. The molecule has 4 bridgehead atoms. The summed E-state index contributed by atoms with van der Waals surface area (Å²) in [5, 5.41) is 18.5. The van der Waals surface area contributed by atoms with Crippen molar-refractivity contribution < 1.29 is 19.8 Å². The average Bonchev–Trinajstić information content (AvgIpc) is 2.61. The number of hydrogen-bond donors (Lipinski definition) is 2. The van der Waals surface area contributed by atoms with E-state index >= 15 is 0 Å². The molecule has 4 saturated carbocycles. The lowest BCUT2D eigenvalue weighted by Crippen LogP contribution is -2.35. The van der Waals surface area contributed by atoms with Crippen LogP contribution in [0, 0.1) is 28.6 Å². The Morgan fingerprint density at radius 3 is 2.32 bits per heavy atom. The third-order valence-corrected chi connectivity index (χ3v) is 6.27. The van der Waals surface area contributed by atoms with E-state index in [4.69, 9.17) is 5.11 Å². The highest BCUT2D eigenvalue weighted by molar-refractivity contribution is 5.85. The van der Waals surface area contributed by atoms with Crippen molar-refractivity contribution in [1.82, 2.24) is 0 Å². The smallest absolute Gasteiger partial charge is 0.330 e. The maximum Gasteiger partial charge on any atom is 0.330 e. The lowest BCUT2D eigenvalue weighted by atomic mass is 9.70. The summed E-state index contributed by atoms with van der Waals surface area (Å²) in [7, 11) is 0. The zero-order chi connectivity index (χ0) is 14.0. The highest BCUT2D eigenvalue weighted by atomic mass is 16.4. The fraction of sp³-hybridized carbons (Fsp3) is 0.733. The topological polar surface area (TPSA) is 74.6 Å². The molecule has 4 heteroatoms. The summed E-state index contributed by atoms with van der Waals surface area (Å²) in [5.41, 5.74) is -0.266. The Morgan fingerprint density at radius 2 is 1.84 bits per heavy atom. The van der Waals surface area contributed by atoms with Crippen LogP contribution in [-0.4, -0.2) is 22.2 Å². The van der Waals surface area contributed by atoms with Gasteiger partial charge < -0.3 is 10.2 Å². The van der Waals surface area contributed by atoms with Crippen LogP contribution in [-0.2, 0) is 9.59 Å². The molecular weight excluding hydrogens is 244 g/mol. The molecule has 4 aliphatic rings. The summed E-state index contributed by atoms with van der Waals surface area (Å²) in [5.74, 6) is -0.201. The molecule has 4 rings (SSSR count). The number of rotatable bonds is 5. The van der Waals surface area contributed by atoms with Crippen LogP contribution in [0.1, 0.15) is 39.5 Å². The third-order valence-electron chi connectivity index (χ3n) is 6.27. The predicted molar refractivity (Wildman–Crippen MR) is 68.5 cm³/mol. The van der Waals surface area contributed by atoms with E-state index in [9.17, 15) is 14.7 Å². The van der Waals surface area contributed by atoms with Crippen molar-refractivity contribution in [3.8, 4) is 0 Å². The van der Waals surface area contributed by atoms with Crippen molar-refractivity contribution in [2.45, 2.75) is 39.5 Å². The standard InChI is InChI=1S/C15H20O4/c1-8(12(16)17)4-3-5-14(2)9-6-10-11(7-9)15(10,14)13(18)19/h4,9-11H,3,5-7H2,1-2H3,(H,16,17)(H,18,19)/b8-4+/t9?,10-,11+,14-,15?/m0/s1. The Labute approximate surface area is 112 Å². The molecule has 0 saturated heterocycles. The Balaban J connectivity index is 1.76. The van der Waals surface area contributed by atoms with Crippen molar-refractivity contribution >= 4 is 11.9 Å². The van der Waals surface area contributed by atoms with Gasteiger partial charge in [-0.2, -0.15) is 0 Å². The van der Waals surface area contributed by atoms with E-state index in [1.54, 1.807) is 13.0 Å². The van der Waals surface area contributed by atoms with Crippen LogP contribution < -0.4 is 0 Å². The van der Waals surface area contributed by atoms with Crippen LogP contribution in [0.4, 0.5) is 0 Å².